The van der Waals surface area contributed by atoms with Gasteiger partial charge in [-0.05, 0) is 32.1 Å². The molecule has 0 bridgehead atoms. The zero-order valence-corrected chi connectivity index (χ0v) is 11.5. The third-order valence-corrected chi connectivity index (χ3v) is 4.89. The van der Waals surface area contributed by atoms with Gasteiger partial charge in [0.05, 0.1) is 11.4 Å². The van der Waals surface area contributed by atoms with Crippen molar-refractivity contribution in [1.29, 1.82) is 0 Å². The number of rotatable bonds is 3. The molecule has 0 aromatic carbocycles. The first-order valence-electron chi connectivity index (χ1n) is 7.48. The van der Waals surface area contributed by atoms with Crippen LogP contribution in [0.1, 0.15) is 60.8 Å². The topological polar surface area (TPSA) is 47.0 Å². The number of hydrogen-bond donors (Lipinski definition) is 1. The largest absolute Gasteiger partial charge is 0.370 e. The van der Waals surface area contributed by atoms with Crippen molar-refractivity contribution < 1.29 is 4.74 Å². The lowest BCUT2D eigenvalue weighted by molar-refractivity contribution is -0.0849. The zero-order valence-electron chi connectivity index (χ0n) is 11.5. The van der Waals surface area contributed by atoms with Crippen molar-refractivity contribution in [2.24, 2.45) is 0 Å². The summed E-state index contributed by atoms with van der Waals surface area (Å²) < 4.78 is 5.77. The molecule has 3 aliphatic rings. The van der Waals surface area contributed by atoms with Gasteiger partial charge >= 0.3 is 0 Å². The van der Waals surface area contributed by atoms with Crippen LogP contribution in [0, 0.1) is 0 Å². The fraction of sp³-hybridized carbons (Fsp3) is 0.733. The maximum atomic E-state index is 5.77. The molecule has 1 aliphatic heterocycles. The Morgan fingerprint density at radius 2 is 2.11 bits per heavy atom. The second kappa shape index (κ2) is 4.25. The van der Waals surface area contributed by atoms with Crippen molar-refractivity contribution in [3.8, 4) is 0 Å². The molecule has 0 radical (unpaired) electrons. The number of ether oxygens (including phenoxy) is 1. The Morgan fingerprint density at radius 3 is 2.74 bits per heavy atom. The molecular formula is C15H21N3O. The van der Waals surface area contributed by atoms with Crippen LogP contribution in [0.2, 0.25) is 0 Å². The van der Waals surface area contributed by atoms with Gasteiger partial charge in [-0.1, -0.05) is 0 Å². The van der Waals surface area contributed by atoms with Gasteiger partial charge in [0.1, 0.15) is 5.60 Å². The molecule has 0 saturated heterocycles. The molecule has 0 amide bonds. The van der Waals surface area contributed by atoms with Gasteiger partial charge in [0.25, 0.3) is 0 Å². The summed E-state index contributed by atoms with van der Waals surface area (Å²) in [4.78, 5) is 9.81. The van der Waals surface area contributed by atoms with Crippen LogP contribution < -0.4 is 5.32 Å². The number of aromatic nitrogens is 2. The van der Waals surface area contributed by atoms with Gasteiger partial charge in [0.15, 0.2) is 5.82 Å². The predicted molar refractivity (Wildman–Crippen MR) is 72.0 cm³/mol. The van der Waals surface area contributed by atoms with E-state index < -0.39 is 0 Å². The molecule has 2 saturated carbocycles. The monoisotopic (exact) mass is 259 g/mol. The smallest absolute Gasteiger partial charge is 0.160 e. The van der Waals surface area contributed by atoms with E-state index in [1.165, 1.54) is 36.2 Å². The van der Waals surface area contributed by atoms with E-state index in [-0.39, 0.29) is 5.60 Å². The van der Waals surface area contributed by atoms with Crippen molar-refractivity contribution in [3.63, 3.8) is 0 Å². The van der Waals surface area contributed by atoms with Crippen LogP contribution in [0.25, 0.3) is 0 Å². The minimum absolute atomic E-state index is 0.177. The second-order valence-corrected chi connectivity index (χ2v) is 6.11. The van der Waals surface area contributed by atoms with Crippen LogP contribution in [0.4, 0.5) is 0 Å². The first-order valence-corrected chi connectivity index (χ1v) is 7.48. The SMILES string of the molecule is COC1(c2nc3c(c(C4CC4)n2)CNCC3)CCC1. The molecule has 2 fully saturated rings. The van der Waals surface area contributed by atoms with E-state index >= 15 is 0 Å². The highest BCUT2D eigenvalue weighted by molar-refractivity contribution is 5.34. The third-order valence-electron chi connectivity index (χ3n) is 4.89. The normalized spacial score (nSPS) is 24.7. The molecule has 1 aromatic heterocycles. The fourth-order valence-electron chi connectivity index (χ4n) is 3.28. The number of fused-ring (bicyclic) bond motifs is 1. The molecule has 1 aromatic rings. The highest BCUT2D eigenvalue weighted by Crippen LogP contribution is 2.46. The summed E-state index contributed by atoms with van der Waals surface area (Å²) in [7, 11) is 1.81. The number of nitrogens with one attached hydrogen (secondary N) is 1. The van der Waals surface area contributed by atoms with Crippen molar-refractivity contribution in [3.05, 3.63) is 22.8 Å². The minimum Gasteiger partial charge on any atom is -0.370 e. The average Bonchev–Trinajstić information content (AvgIpc) is 3.21. The summed E-state index contributed by atoms with van der Waals surface area (Å²) in [6.07, 6.45) is 7.00. The molecule has 0 atom stereocenters. The Hall–Kier alpha value is -1.00. The zero-order chi connectivity index (χ0) is 12.9. The third kappa shape index (κ3) is 1.81. The summed E-state index contributed by atoms with van der Waals surface area (Å²) in [5, 5.41) is 3.45. The first kappa shape index (κ1) is 11.8. The Bertz CT molecular complexity index is 501. The molecule has 2 aliphatic carbocycles. The van der Waals surface area contributed by atoms with Crippen LogP contribution in [0.5, 0.6) is 0 Å². The molecule has 2 heterocycles. The number of nitrogens with zero attached hydrogens (tertiary/aromatic N) is 2. The number of methoxy groups -OCH3 is 1. The number of hydrogen-bond acceptors (Lipinski definition) is 4. The Morgan fingerprint density at radius 1 is 1.26 bits per heavy atom. The lowest BCUT2D eigenvalue weighted by Crippen LogP contribution is -2.39. The Balaban J connectivity index is 1.81. The quantitative estimate of drug-likeness (QED) is 0.902. The van der Waals surface area contributed by atoms with Crippen LogP contribution in [0.15, 0.2) is 0 Å². The van der Waals surface area contributed by atoms with E-state index in [0.29, 0.717) is 5.92 Å². The van der Waals surface area contributed by atoms with Gasteiger partial charge in [-0.2, -0.15) is 0 Å². The molecule has 4 nitrogen and oxygen atoms in total. The first-order chi connectivity index (χ1) is 9.32. The van der Waals surface area contributed by atoms with Gasteiger partial charge in [0, 0.05) is 38.1 Å². The van der Waals surface area contributed by atoms with E-state index in [0.717, 1.165) is 38.2 Å². The fourth-order valence-corrected chi connectivity index (χ4v) is 3.28. The highest BCUT2D eigenvalue weighted by atomic mass is 16.5. The van der Waals surface area contributed by atoms with Gasteiger partial charge in [-0.25, -0.2) is 9.97 Å². The van der Waals surface area contributed by atoms with Crippen LogP contribution in [-0.2, 0) is 23.3 Å². The van der Waals surface area contributed by atoms with Gasteiger partial charge in [0.2, 0.25) is 0 Å². The van der Waals surface area contributed by atoms with Crippen LogP contribution in [-0.4, -0.2) is 23.6 Å². The Labute approximate surface area is 114 Å². The lowest BCUT2D eigenvalue weighted by atomic mass is 9.79. The predicted octanol–water partition coefficient (Wildman–Crippen LogP) is 2.03. The molecule has 0 unspecified atom stereocenters. The van der Waals surface area contributed by atoms with Gasteiger partial charge in [-0.3, -0.25) is 0 Å². The summed E-state index contributed by atoms with van der Waals surface area (Å²) in [5.74, 6) is 1.65. The van der Waals surface area contributed by atoms with Crippen molar-refractivity contribution >= 4 is 0 Å². The van der Waals surface area contributed by atoms with E-state index in [4.69, 9.17) is 14.7 Å². The summed E-state index contributed by atoms with van der Waals surface area (Å²) in [6, 6.07) is 0. The van der Waals surface area contributed by atoms with E-state index in [1.807, 2.05) is 0 Å². The standard InChI is InChI=1S/C15H21N3O/c1-19-15(6-2-7-15)14-17-12-5-8-16-9-11(12)13(18-14)10-3-4-10/h10,16H,2-9H2,1H3. The van der Waals surface area contributed by atoms with Crippen molar-refractivity contribution in [1.82, 2.24) is 15.3 Å². The maximum absolute atomic E-state index is 5.77. The van der Waals surface area contributed by atoms with Crippen molar-refractivity contribution in [2.45, 2.75) is 56.6 Å². The van der Waals surface area contributed by atoms with Crippen LogP contribution >= 0.6 is 0 Å². The summed E-state index contributed by atoms with van der Waals surface area (Å²) in [5.41, 5.74) is 3.79. The molecule has 4 rings (SSSR count). The Kier molecular flexibility index (Phi) is 2.64. The average molecular weight is 259 g/mol. The minimum atomic E-state index is -0.177. The highest BCUT2D eigenvalue weighted by Gasteiger charge is 2.43. The molecule has 19 heavy (non-hydrogen) atoms. The van der Waals surface area contributed by atoms with Crippen LogP contribution in [0.3, 0.4) is 0 Å². The maximum Gasteiger partial charge on any atom is 0.160 e. The molecule has 0 spiro atoms. The summed E-state index contributed by atoms with van der Waals surface area (Å²) in [6.45, 7) is 1.98. The molecule has 102 valence electrons. The second-order valence-electron chi connectivity index (χ2n) is 6.11. The van der Waals surface area contributed by atoms with E-state index in [2.05, 4.69) is 5.32 Å². The molecule has 1 N–H and O–H groups in total. The molecular weight excluding hydrogens is 238 g/mol. The van der Waals surface area contributed by atoms with E-state index in [1.54, 1.807) is 7.11 Å². The van der Waals surface area contributed by atoms with E-state index in [9.17, 15) is 0 Å². The molecule has 4 heteroatoms. The van der Waals surface area contributed by atoms with Crippen molar-refractivity contribution in [2.75, 3.05) is 13.7 Å². The lowest BCUT2D eigenvalue weighted by Gasteiger charge is -2.39. The van der Waals surface area contributed by atoms with Gasteiger partial charge in [-0.15, -0.1) is 0 Å². The van der Waals surface area contributed by atoms with Gasteiger partial charge < -0.3 is 10.1 Å². The summed E-state index contributed by atoms with van der Waals surface area (Å²) >= 11 is 0.